The second-order valence-corrected chi connectivity index (χ2v) is 7.96. The first-order valence-corrected chi connectivity index (χ1v) is 9.06. The average Bonchev–Trinajstić information content (AvgIpc) is 2.33. The summed E-state index contributed by atoms with van der Waals surface area (Å²) in [6, 6.07) is 1.05. The van der Waals surface area contributed by atoms with Crippen molar-refractivity contribution in [3.8, 4) is 0 Å². The van der Waals surface area contributed by atoms with Gasteiger partial charge in [0.2, 0.25) is 0 Å². The number of nitrogens with zero attached hydrogens (tertiary/aromatic N) is 1. The van der Waals surface area contributed by atoms with Gasteiger partial charge in [-0.05, 0) is 26.8 Å². The first-order chi connectivity index (χ1) is 8.38. The standard InChI is InChI=1S/C13H28N2O2S/c1-12(15(2)9-10-18(3,16)17)11-14-13-7-5-4-6-8-13/h12-14H,4-11H2,1-3H3. The normalized spacial score (nSPS) is 20.2. The van der Waals surface area contributed by atoms with Gasteiger partial charge in [-0.1, -0.05) is 19.3 Å². The van der Waals surface area contributed by atoms with E-state index >= 15 is 0 Å². The van der Waals surface area contributed by atoms with E-state index in [1.807, 2.05) is 7.05 Å². The minimum atomic E-state index is -2.85. The molecular formula is C13H28N2O2S. The van der Waals surface area contributed by atoms with Crippen LogP contribution < -0.4 is 5.32 Å². The molecule has 1 N–H and O–H groups in total. The highest BCUT2D eigenvalue weighted by molar-refractivity contribution is 7.90. The van der Waals surface area contributed by atoms with Crippen LogP contribution in [0, 0.1) is 0 Å². The lowest BCUT2D eigenvalue weighted by Gasteiger charge is -2.29. The zero-order valence-corrected chi connectivity index (χ0v) is 12.8. The lowest BCUT2D eigenvalue weighted by molar-refractivity contribution is 0.248. The molecule has 0 spiro atoms. The van der Waals surface area contributed by atoms with E-state index in [9.17, 15) is 8.42 Å². The Labute approximate surface area is 112 Å². The topological polar surface area (TPSA) is 49.4 Å². The largest absolute Gasteiger partial charge is 0.312 e. The van der Waals surface area contributed by atoms with Gasteiger partial charge in [-0.25, -0.2) is 8.42 Å². The quantitative estimate of drug-likeness (QED) is 0.761. The van der Waals surface area contributed by atoms with Crippen molar-refractivity contribution in [2.24, 2.45) is 0 Å². The third kappa shape index (κ3) is 6.71. The highest BCUT2D eigenvalue weighted by Crippen LogP contribution is 2.17. The summed E-state index contributed by atoms with van der Waals surface area (Å²) in [6.45, 7) is 3.72. The van der Waals surface area contributed by atoms with Gasteiger partial charge in [0.1, 0.15) is 9.84 Å². The summed E-state index contributed by atoms with van der Waals surface area (Å²) in [5.74, 6) is 0.247. The second kappa shape index (κ2) is 7.46. The molecule has 1 unspecified atom stereocenters. The van der Waals surface area contributed by atoms with Crippen molar-refractivity contribution in [2.75, 3.05) is 32.1 Å². The number of rotatable bonds is 7. The van der Waals surface area contributed by atoms with Gasteiger partial charge in [-0.3, -0.25) is 0 Å². The maximum Gasteiger partial charge on any atom is 0.148 e. The maximum absolute atomic E-state index is 11.1. The fraction of sp³-hybridized carbons (Fsp3) is 1.00. The molecule has 1 aliphatic rings. The molecule has 0 amide bonds. The van der Waals surface area contributed by atoms with E-state index in [2.05, 4.69) is 17.1 Å². The summed E-state index contributed by atoms with van der Waals surface area (Å²) in [6.07, 6.45) is 7.94. The molecule has 1 aliphatic carbocycles. The zero-order chi connectivity index (χ0) is 13.6. The molecule has 1 rings (SSSR count). The van der Waals surface area contributed by atoms with Crippen LogP contribution in [-0.2, 0) is 9.84 Å². The van der Waals surface area contributed by atoms with E-state index in [1.54, 1.807) is 0 Å². The smallest absolute Gasteiger partial charge is 0.148 e. The zero-order valence-electron chi connectivity index (χ0n) is 12.0. The highest BCUT2D eigenvalue weighted by Gasteiger charge is 2.16. The average molecular weight is 276 g/mol. The van der Waals surface area contributed by atoms with E-state index < -0.39 is 9.84 Å². The molecule has 5 heteroatoms. The Bertz CT molecular complexity index is 324. The van der Waals surface area contributed by atoms with Gasteiger partial charge in [0.15, 0.2) is 0 Å². The Hall–Kier alpha value is -0.130. The molecule has 1 atom stereocenters. The van der Waals surface area contributed by atoms with Crippen LogP contribution in [0.25, 0.3) is 0 Å². The van der Waals surface area contributed by atoms with Gasteiger partial charge >= 0.3 is 0 Å². The molecule has 1 fully saturated rings. The maximum atomic E-state index is 11.1. The third-order valence-corrected chi connectivity index (χ3v) is 4.80. The minimum absolute atomic E-state index is 0.247. The van der Waals surface area contributed by atoms with Gasteiger partial charge in [-0.2, -0.15) is 0 Å². The van der Waals surface area contributed by atoms with Gasteiger partial charge in [0.05, 0.1) is 5.75 Å². The first kappa shape index (κ1) is 15.9. The van der Waals surface area contributed by atoms with Gasteiger partial charge < -0.3 is 10.2 Å². The molecule has 0 aromatic carbocycles. The Morgan fingerprint density at radius 1 is 1.28 bits per heavy atom. The molecule has 0 heterocycles. The molecular weight excluding hydrogens is 248 g/mol. The van der Waals surface area contributed by atoms with Crippen molar-refractivity contribution in [3.05, 3.63) is 0 Å². The van der Waals surface area contributed by atoms with E-state index in [1.165, 1.54) is 38.4 Å². The van der Waals surface area contributed by atoms with E-state index in [0.29, 0.717) is 18.6 Å². The van der Waals surface area contributed by atoms with Crippen LogP contribution in [0.2, 0.25) is 0 Å². The van der Waals surface area contributed by atoms with Crippen molar-refractivity contribution < 1.29 is 8.42 Å². The summed E-state index contributed by atoms with van der Waals surface area (Å²) in [5.41, 5.74) is 0. The van der Waals surface area contributed by atoms with Crippen LogP contribution in [0.3, 0.4) is 0 Å². The Kier molecular flexibility index (Phi) is 6.60. The van der Waals surface area contributed by atoms with Crippen LogP contribution in [-0.4, -0.2) is 57.5 Å². The van der Waals surface area contributed by atoms with Crippen molar-refractivity contribution in [2.45, 2.75) is 51.1 Å². The fourth-order valence-electron chi connectivity index (χ4n) is 2.33. The van der Waals surface area contributed by atoms with Crippen LogP contribution in [0.15, 0.2) is 0 Å². The SMILES string of the molecule is CC(CNC1CCCCC1)N(C)CCS(C)(=O)=O. The molecule has 0 bridgehead atoms. The molecule has 0 aliphatic heterocycles. The van der Waals surface area contributed by atoms with Gasteiger partial charge in [0.25, 0.3) is 0 Å². The Morgan fingerprint density at radius 2 is 1.89 bits per heavy atom. The number of likely N-dealkylation sites (N-methyl/N-ethyl adjacent to an activating group) is 1. The molecule has 1 saturated carbocycles. The summed E-state index contributed by atoms with van der Waals surface area (Å²) in [7, 11) is -0.852. The Balaban J connectivity index is 2.20. The molecule has 4 nitrogen and oxygen atoms in total. The first-order valence-electron chi connectivity index (χ1n) is 7.00. The van der Waals surface area contributed by atoms with Crippen molar-refractivity contribution in [3.63, 3.8) is 0 Å². The van der Waals surface area contributed by atoms with E-state index in [4.69, 9.17) is 0 Å². The van der Waals surface area contributed by atoms with Crippen molar-refractivity contribution in [1.82, 2.24) is 10.2 Å². The van der Waals surface area contributed by atoms with E-state index in [0.717, 1.165) is 6.54 Å². The summed E-state index contributed by atoms with van der Waals surface area (Å²) in [4.78, 5) is 2.12. The van der Waals surface area contributed by atoms with Gasteiger partial charge in [-0.15, -0.1) is 0 Å². The second-order valence-electron chi connectivity index (χ2n) is 5.70. The molecule has 108 valence electrons. The van der Waals surface area contributed by atoms with Crippen molar-refractivity contribution in [1.29, 1.82) is 0 Å². The third-order valence-electron chi connectivity index (χ3n) is 3.87. The van der Waals surface area contributed by atoms with Crippen molar-refractivity contribution >= 4 is 9.84 Å². The number of hydrogen-bond acceptors (Lipinski definition) is 4. The predicted molar refractivity (Wildman–Crippen MR) is 76.7 cm³/mol. The monoisotopic (exact) mass is 276 g/mol. The van der Waals surface area contributed by atoms with Crippen LogP contribution in [0.1, 0.15) is 39.0 Å². The minimum Gasteiger partial charge on any atom is -0.312 e. The van der Waals surface area contributed by atoms with Crippen LogP contribution >= 0.6 is 0 Å². The molecule has 0 aromatic heterocycles. The molecule has 18 heavy (non-hydrogen) atoms. The van der Waals surface area contributed by atoms with E-state index in [-0.39, 0.29) is 5.75 Å². The predicted octanol–water partition coefficient (Wildman–Crippen LogP) is 1.27. The van der Waals surface area contributed by atoms with Gasteiger partial charge in [0, 0.05) is 31.4 Å². The summed E-state index contributed by atoms with van der Waals surface area (Å²) in [5, 5.41) is 3.61. The molecule has 0 aromatic rings. The lowest BCUT2D eigenvalue weighted by atomic mass is 9.95. The Morgan fingerprint density at radius 3 is 2.44 bits per heavy atom. The summed E-state index contributed by atoms with van der Waals surface area (Å²) < 4.78 is 22.2. The van der Waals surface area contributed by atoms with Crippen LogP contribution in [0.4, 0.5) is 0 Å². The lowest BCUT2D eigenvalue weighted by Crippen LogP contribution is -2.43. The number of hydrogen-bond donors (Lipinski definition) is 1. The number of nitrogens with one attached hydrogen (secondary N) is 1. The fourth-order valence-corrected chi connectivity index (χ4v) is 2.95. The highest BCUT2D eigenvalue weighted by atomic mass is 32.2. The van der Waals surface area contributed by atoms with Crippen LogP contribution in [0.5, 0.6) is 0 Å². The molecule has 0 radical (unpaired) electrons. The molecule has 0 saturated heterocycles. The summed E-state index contributed by atoms with van der Waals surface area (Å²) >= 11 is 0. The number of sulfone groups is 1.